The summed E-state index contributed by atoms with van der Waals surface area (Å²) in [6.45, 7) is 2.60. The van der Waals surface area contributed by atoms with Crippen LogP contribution >= 0.6 is 11.3 Å². The summed E-state index contributed by atoms with van der Waals surface area (Å²) < 4.78 is 1.65. The molecule has 0 bridgehead atoms. The Bertz CT molecular complexity index is 748. The molecular formula is C15H14N4OS. The molecule has 0 saturated carbocycles. The highest BCUT2D eigenvalue weighted by Gasteiger charge is 2.13. The lowest BCUT2D eigenvalue weighted by molar-refractivity contribution is 0.101. The van der Waals surface area contributed by atoms with Crippen molar-refractivity contribution in [2.75, 3.05) is 5.32 Å². The minimum absolute atomic E-state index is 0.191. The molecule has 3 aromatic rings. The second-order valence-electron chi connectivity index (χ2n) is 4.39. The number of carbonyl (C=O) groups is 1. The van der Waals surface area contributed by atoms with E-state index in [1.54, 1.807) is 16.9 Å². The molecule has 0 atom stereocenters. The van der Waals surface area contributed by atoms with Gasteiger partial charge in [0.05, 0.1) is 5.69 Å². The fourth-order valence-corrected chi connectivity index (χ4v) is 2.73. The topological polar surface area (TPSA) is 59.8 Å². The van der Waals surface area contributed by atoms with E-state index in [1.165, 1.54) is 11.3 Å². The lowest BCUT2D eigenvalue weighted by atomic mass is 10.2. The molecule has 3 rings (SSSR count). The van der Waals surface area contributed by atoms with Gasteiger partial charge in [-0.1, -0.05) is 30.3 Å². The van der Waals surface area contributed by atoms with Crippen molar-refractivity contribution in [2.24, 2.45) is 0 Å². The molecule has 0 unspecified atom stereocenters. The summed E-state index contributed by atoms with van der Waals surface area (Å²) >= 11 is 1.41. The number of hydrogen-bond donors (Lipinski definition) is 1. The predicted molar refractivity (Wildman–Crippen MR) is 83.4 cm³/mol. The number of hydrogen-bond acceptors (Lipinski definition) is 4. The second kappa shape index (κ2) is 5.88. The largest absolute Gasteiger partial charge is 0.296 e. The fraction of sp³-hybridized carbons (Fsp3) is 0.133. The molecule has 1 amide bonds. The van der Waals surface area contributed by atoms with E-state index in [0.29, 0.717) is 17.4 Å². The van der Waals surface area contributed by atoms with Gasteiger partial charge in [-0.15, -0.1) is 11.3 Å². The quantitative estimate of drug-likeness (QED) is 0.804. The lowest BCUT2D eigenvalue weighted by Gasteiger charge is -2.03. The zero-order valence-electron chi connectivity index (χ0n) is 11.5. The number of carbonyl (C=O) groups excluding carboxylic acids is 1. The molecule has 2 aromatic heterocycles. The molecule has 5 nitrogen and oxygen atoms in total. The van der Waals surface area contributed by atoms with Crippen LogP contribution in [0.1, 0.15) is 17.4 Å². The van der Waals surface area contributed by atoms with Crippen LogP contribution in [0.25, 0.3) is 11.3 Å². The van der Waals surface area contributed by atoms with E-state index < -0.39 is 0 Å². The Morgan fingerprint density at radius 3 is 2.86 bits per heavy atom. The van der Waals surface area contributed by atoms with Crippen LogP contribution in [0.5, 0.6) is 0 Å². The third-order valence-corrected chi connectivity index (χ3v) is 3.80. The summed E-state index contributed by atoms with van der Waals surface area (Å²) in [7, 11) is 0. The van der Waals surface area contributed by atoms with Gasteiger partial charge in [0, 0.05) is 23.7 Å². The number of nitrogens with one attached hydrogen (secondary N) is 1. The first-order valence-electron chi connectivity index (χ1n) is 6.62. The van der Waals surface area contributed by atoms with E-state index in [-0.39, 0.29) is 5.91 Å². The smallest absolute Gasteiger partial charge is 0.275 e. The summed E-state index contributed by atoms with van der Waals surface area (Å²) in [5.74, 6) is -0.191. The highest BCUT2D eigenvalue weighted by atomic mass is 32.1. The summed E-state index contributed by atoms with van der Waals surface area (Å²) in [6, 6.07) is 11.6. The van der Waals surface area contributed by atoms with Crippen LogP contribution in [-0.2, 0) is 6.54 Å². The van der Waals surface area contributed by atoms with Gasteiger partial charge in [-0.05, 0) is 13.0 Å². The average Bonchev–Trinajstić information content (AvgIpc) is 3.16. The maximum atomic E-state index is 12.2. The molecule has 21 heavy (non-hydrogen) atoms. The molecule has 0 fully saturated rings. The zero-order chi connectivity index (χ0) is 14.7. The molecule has 2 heterocycles. The van der Waals surface area contributed by atoms with Crippen molar-refractivity contribution < 1.29 is 4.79 Å². The van der Waals surface area contributed by atoms with Crippen molar-refractivity contribution in [3.8, 4) is 11.3 Å². The van der Waals surface area contributed by atoms with E-state index in [2.05, 4.69) is 15.4 Å². The highest BCUT2D eigenvalue weighted by molar-refractivity contribution is 7.14. The van der Waals surface area contributed by atoms with Gasteiger partial charge in [-0.3, -0.25) is 14.8 Å². The van der Waals surface area contributed by atoms with Gasteiger partial charge in [0.25, 0.3) is 5.91 Å². The number of rotatable bonds is 4. The number of nitrogens with zero attached hydrogens (tertiary/aromatic N) is 3. The number of amides is 1. The Balaban J connectivity index is 1.77. The Hall–Kier alpha value is -2.47. The first-order chi connectivity index (χ1) is 10.3. The van der Waals surface area contributed by atoms with Gasteiger partial charge in [-0.25, -0.2) is 4.98 Å². The molecule has 0 aliphatic heterocycles. The van der Waals surface area contributed by atoms with Crippen LogP contribution in [0.3, 0.4) is 0 Å². The number of thiazole rings is 1. The molecule has 0 aliphatic rings. The summed E-state index contributed by atoms with van der Waals surface area (Å²) in [5.41, 5.74) is 2.43. The van der Waals surface area contributed by atoms with Gasteiger partial charge in [0.15, 0.2) is 5.13 Å². The van der Waals surface area contributed by atoms with Crippen molar-refractivity contribution in [3.05, 3.63) is 53.7 Å². The molecule has 6 heteroatoms. The molecule has 0 saturated heterocycles. The van der Waals surface area contributed by atoms with E-state index in [9.17, 15) is 4.79 Å². The van der Waals surface area contributed by atoms with Crippen molar-refractivity contribution in [3.63, 3.8) is 0 Å². The lowest BCUT2D eigenvalue weighted by Crippen LogP contribution is -2.17. The van der Waals surface area contributed by atoms with Crippen LogP contribution in [-0.4, -0.2) is 20.7 Å². The van der Waals surface area contributed by atoms with Gasteiger partial charge in [-0.2, -0.15) is 5.10 Å². The van der Waals surface area contributed by atoms with Gasteiger partial charge in [0.1, 0.15) is 5.69 Å². The molecule has 0 aliphatic carbocycles. The van der Waals surface area contributed by atoms with Crippen molar-refractivity contribution in [1.82, 2.24) is 14.8 Å². The van der Waals surface area contributed by atoms with Crippen molar-refractivity contribution >= 4 is 22.4 Å². The normalized spacial score (nSPS) is 10.5. The monoisotopic (exact) mass is 298 g/mol. The summed E-state index contributed by atoms with van der Waals surface area (Å²) in [4.78, 5) is 16.6. The van der Waals surface area contributed by atoms with Gasteiger partial charge < -0.3 is 0 Å². The molecular weight excluding hydrogens is 284 g/mol. The number of benzene rings is 1. The van der Waals surface area contributed by atoms with E-state index in [1.807, 2.05) is 42.6 Å². The van der Waals surface area contributed by atoms with Crippen LogP contribution < -0.4 is 5.32 Å². The van der Waals surface area contributed by atoms with Crippen molar-refractivity contribution in [2.45, 2.75) is 13.5 Å². The Morgan fingerprint density at radius 2 is 2.10 bits per heavy atom. The maximum Gasteiger partial charge on any atom is 0.275 e. The average molecular weight is 298 g/mol. The zero-order valence-corrected chi connectivity index (χ0v) is 12.3. The molecule has 1 aromatic carbocycles. The molecule has 1 N–H and O–H groups in total. The number of aromatic nitrogens is 3. The Morgan fingerprint density at radius 1 is 1.29 bits per heavy atom. The maximum absolute atomic E-state index is 12.2. The molecule has 0 radical (unpaired) electrons. The Kier molecular flexibility index (Phi) is 3.79. The van der Waals surface area contributed by atoms with Crippen molar-refractivity contribution in [1.29, 1.82) is 0 Å². The SMILES string of the molecule is CCn1nccc1C(=O)Nc1nc(-c2ccccc2)cs1. The van der Waals surface area contributed by atoms with Crippen LogP contribution in [0.2, 0.25) is 0 Å². The Labute approximate surface area is 126 Å². The third-order valence-electron chi connectivity index (χ3n) is 3.04. The number of aryl methyl sites for hydroxylation is 1. The van der Waals surface area contributed by atoms with Gasteiger partial charge in [0.2, 0.25) is 0 Å². The van der Waals surface area contributed by atoms with E-state index >= 15 is 0 Å². The first kappa shape index (κ1) is 13.5. The summed E-state index contributed by atoms with van der Waals surface area (Å²) in [5, 5.41) is 9.42. The number of anilines is 1. The van der Waals surface area contributed by atoms with Gasteiger partial charge >= 0.3 is 0 Å². The van der Waals surface area contributed by atoms with E-state index in [4.69, 9.17) is 0 Å². The predicted octanol–water partition coefficient (Wildman–Crippen LogP) is 3.28. The second-order valence-corrected chi connectivity index (χ2v) is 5.25. The van der Waals surface area contributed by atoms with Crippen LogP contribution in [0, 0.1) is 0 Å². The molecule has 0 spiro atoms. The highest BCUT2D eigenvalue weighted by Crippen LogP contribution is 2.24. The third kappa shape index (κ3) is 2.85. The fourth-order valence-electron chi connectivity index (χ4n) is 2.01. The first-order valence-corrected chi connectivity index (χ1v) is 7.50. The van der Waals surface area contributed by atoms with E-state index in [0.717, 1.165) is 11.3 Å². The van der Waals surface area contributed by atoms with Crippen LogP contribution in [0.4, 0.5) is 5.13 Å². The minimum atomic E-state index is -0.191. The minimum Gasteiger partial charge on any atom is -0.296 e. The standard InChI is InChI=1S/C15H14N4OS/c1-2-19-13(8-9-16-19)14(20)18-15-17-12(10-21-15)11-6-4-3-5-7-11/h3-10H,2H2,1H3,(H,17,18,20). The van der Waals surface area contributed by atoms with Crippen LogP contribution in [0.15, 0.2) is 48.0 Å². The summed E-state index contributed by atoms with van der Waals surface area (Å²) in [6.07, 6.45) is 1.62. The molecule has 106 valence electrons.